The molecule has 0 radical (unpaired) electrons. The molecule has 0 bridgehead atoms. The highest BCUT2D eigenvalue weighted by Gasteiger charge is 2.63. The first kappa shape index (κ1) is 82.1. The zero-order valence-corrected chi connectivity index (χ0v) is 60.3. The van der Waals surface area contributed by atoms with Crippen LogP contribution >= 0.6 is 7.82 Å². The van der Waals surface area contributed by atoms with Crippen molar-refractivity contribution in [2.45, 2.75) is 340 Å². The van der Waals surface area contributed by atoms with Crippen molar-refractivity contribution in [3.8, 4) is 0 Å². The van der Waals surface area contributed by atoms with E-state index in [0.29, 0.717) is 17.4 Å². The van der Waals surface area contributed by atoms with Gasteiger partial charge in [-0.3, -0.25) is 32.8 Å². The number of amides is 2. The second kappa shape index (κ2) is 43.8. The van der Waals surface area contributed by atoms with Crippen molar-refractivity contribution in [2.75, 3.05) is 38.3 Å². The molecule has 1 aromatic heterocycles. The van der Waals surface area contributed by atoms with Crippen molar-refractivity contribution in [3.05, 3.63) is 22.7 Å². The molecule has 1 unspecified atom stereocenters. The largest absolute Gasteiger partial charge is 0.472 e. The van der Waals surface area contributed by atoms with E-state index in [1.54, 1.807) is 0 Å². The average molecular weight is 1320 g/mol. The number of rotatable bonds is 52. The van der Waals surface area contributed by atoms with E-state index in [1.807, 2.05) is 67.7 Å². The van der Waals surface area contributed by atoms with Crippen LogP contribution in [0, 0.1) is 0 Å². The van der Waals surface area contributed by atoms with E-state index in [0.717, 1.165) is 44.7 Å². The fourth-order valence-corrected chi connectivity index (χ4v) is 13.0. The minimum Gasteiger partial charge on any atom is -0.462 e. The van der Waals surface area contributed by atoms with Gasteiger partial charge in [-0.05, 0) is 55.2 Å². The van der Waals surface area contributed by atoms with Crippen LogP contribution in [0.2, 0.25) is 36.3 Å². The Hall–Kier alpha value is -2.96. The van der Waals surface area contributed by atoms with Crippen molar-refractivity contribution in [1.82, 2.24) is 14.9 Å². The number of phosphoric acid groups is 1. The van der Waals surface area contributed by atoms with E-state index in [1.165, 1.54) is 147 Å². The molecule has 1 aliphatic rings. The summed E-state index contributed by atoms with van der Waals surface area (Å²) in [5, 5.41) is 4.27. The molecular formula is C66H123F2N4O14PSi2. The van der Waals surface area contributed by atoms with Crippen LogP contribution in [-0.4, -0.2) is 112 Å². The second-order valence-electron chi connectivity index (χ2n) is 27.8. The molecule has 0 spiro atoms. The highest BCUT2D eigenvalue weighted by atomic mass is 31.2. The molecule has 0 saturated carbocycles. The topological polar surface area (TPSA) is 229 Å². The maximum atomic E-state index is 16.5. The summed E-state index contributed by atoms with van der Waals surface area (Å²) >= 11 is 0. The number of halogens is 2. The highest BCUT2D eigenvalue weighted by molar-refractivity contribution is 7.47. The van der Waals surface area contributed by atoms with Crippen LogP contribution in [0.1, 0.15) is 280 Å². The summed E-state index contributed by atoms with van der Waals surface area (Å²) in [6.45, 7) is 22.3. The molecule has 518 valence electrons. The lowest BCUT2D eigenvalue weighted by atomic mass is 10.0. The molecular weight excluding hydrogens is 1200 g/mol. The van der Waals surface area contributed by atoms with Crippen LogP contribution in [-0.2, 0) is 55.9 Å². The monoisotopic (exact) mass is 1320 g/mol. The van der Waals surface area contributed by atoms with Crippen molar-refractivity contribution < 1.29 is 69.5 Å². The fourth-order valence-electron chi connectivity index (χ4n) is 9.90. The van der Waals surface area contributed by atoms with Crippen molar-refractivity contribution in [1.29, 1.82) is 0 Å². The van der Waals surface area contributed by atoms with E-state index in [4.69, 9.17) is 32.1 Å². The summed E-state index contributed by atoms with van der Waals surface area (Å²) in [5.41, 5.74) is -1.11. The van der Waals surface area contributed by atoms with Crippen LogP contribution < -0.4 is 16.3 Å². The number of unbranched alkanes of at least 4 members (excludes halogenated alkanes) is 28. The van der Waals surface area contributed by atoms with Gasteiger partial charge >= 0.3 is 31.4 Å². The van der Waals surface area contributed by atoms with Gasteiger partial charge in [-0.25, -0.2) is 9.36 Å². The zero-order chi connectivity index (χ0) is 66.4. The first-order valence-corrected chi connectivity index (χ1v) is 41.7. The molecule has 1 saturated heterocycles. The number of hydrogen-bond donors (Lipinski definition) is 3. The van der Waals surface area contributed by atoms with Crippen LogP contribution in [0.5, 0.6) is 0 Å². The lowest BCUT2D eigenvalue weighted by molar-refractivity contribution is -0.161. The van der Waals surface area contributed by atoms with Gasteiger partial charge in [-0.15, -0.1) is 0 Å². The quantitative estimate of drug-likeness (QED) is 0.0238. The molecule has 1 aromatic rings. The fraction of sp³-hybridized carbons (Fsp3) is 0.879. The molecule has 1 fully saturated rings. The van der Waals surface area contributed by atoms with Gasteiger partial charge in [0.15, 0.2) is 22.7 Å². The van der Waals surface area contributed by atoms with Gasteiger partial charge < -0.3 is 38.6 Å². The Morgan fingerprint density at radius 3 is 1.54 bits per heavy atom. The third-order valence-corrected chi connectivity index (χ3v) is 27.7. The Bertz CT molecular complexity index is 2250. The van der Waals surface area contributed by atoms with Crippen molar-refractivity contribution >= 4 is 54.0 Å². The van der Waals surface area contributed by atoms with Gasteiger partial charge in [-0.1, -0.05) is 235 Å². The number of esters is 2. The predicted molar refractivity (Wildman–Crippen MR) is 355 cm³/mol. The van der Waals surface area contributed by atoms with Gasteiger partial charge in [0.2, 0.25) is 18.0 Å². The Balaban J connectivity index is 1.87. The molecule has 89 heavy (non-hydrogen) atoms. The van der Waals surface area contributed by atoms with Crippen molar-refractivity contribution in [2.24, 2.45) is 0 Å². The molecule has 1 aliphatic heterocycles. The number of carbonyl (C=O) groups is 4. The number of anilines is 1. The number of ether oxygens (including phenoxy) is 3. The first-order chi connectivity index (χ1) is 42.0. The number of hydrogen-bond acceptors (Lipinski definition) is 14. The molecule has 0 aromatic carbocycles. The number of alkyl halides is 2. The predicted octanol–water partition coefficient (Wildman–Crippen LogP) is 17.1. The van der Waals surface area contributed by atoms with E-state index in [-0.39, 0.29) is 56.3 Å². The number of carbonyl (C=O) groups excluding carboxylic acids is 4. The third-order valence-electron chi connectivity index (χ3n) is 17.7. The maximum Gasteiger partial charge on any atom is 0.472 e. The Kier molecular flexibility index (Phi) is 40.5. The maximum absolute atomic E-state index is 16.5. The van der Waals surface area contributed by atoms with Gasteiger partial charge in [0.25, 0.3) is 0 Å². The van der Waals surface area contributed by atoms with E-state index in [9.17, 15) is 33.4 Å². The van der Waals surface area contributed by atoms with Gasteiger partial charge in [0.05, 0.1) is 19.8 Å². The minimum absolute atomic E-state index is 0.130. The van der Waals surface area contributed by atoms with Crippen LogP contribution in [0.15, 0.2) is 17.1 Å². The number of aromatic nitrogens is 2. The first-order valence-electron chi connectivity index (χ1n) is 34.4. The molecule has 18 nitrogen and oxygen atoms in total. The number of nitrogens with one attached hydrogen (secondary N) is 2. The summed E-state index contributed by atoms with van der Waals surface area (Å²) in [6, 6.07) is 1.18. The summed E-state index contributed by atoms with van der Waals surface area (Å²) in [5.74, 6) is -6.24. The number of phosphoric ester groups is 1. The SMILES string of the molecule is CCCCCCCCCCCCCCCCCC(=O)OC[C@H](COP(=O)(O)OCCNC(=O)CCC(=O)Nc1ccn([C@@H]2O[C@H](CO[Si](C)(C)C(C)(C)C)[C@H](O[Si](C)(C)C(C)(C)C)C2(F)F)c(=O)n1)OC(=O)CCCCCCCCCCCCCCCCC. The summed E-state index contributed by atoms with van der Waals surface area (Å²) < 4.78 is 86.6. The van der Waals surface area contributed by atoms with Crippen LogP contribution in [0.4, 0.5) is 14.6 Å². The zero-order valence-electron chi connectivity index (χ0n) is 57.4. The lowest BCUT2D eigenvalue weighted by Gasteiger charge is -2.41. The molecule has 2 rings (SSSR count). The van der Waals surface area contributed by atoms with E-state index >= 15 is 8.78 Å². The lowest BCUT2D eigenvalue weighted by Crippen LogP contribution is -2.53. The molecule has 0 aliphatic carbocycles. The third kappa shape index (κ3) is 35.2. The summed E-state index contributed by atoms with van der Waals surface area (Å²) in [6.07, 6.45) is 30.3. The van der Waals surface area contributed by atoms with Gasteiger partial charge in [0.1, 0.15) is 24.6 Å². The molecule has 5 atom stereocenters. The normalized spacial score (nSPS) is 17.3. The van der Waals surface area contributed by atoms with Crippen LogP contribution in [0.3, 0.4) is 0 Å². The molecule has 2 amide bonds. The van der Waals surface area contributed by atoms with Gasteiger partial charge in [-0.2, -0.15) is 13.8 Å². The van der Waals surface area contributed by atoms with Crippen molar-refractivity contribution in [3.63, 3.8) is 0 Å². The Labute approximate surface area is 537 Å². The molecule has 23 heteroatoms. The Morgan fingerprint density at radius 2 is 1.09 bits per heavy atom. The summed E-state index contributed by atoms with van der Waals surface area (Å²) in [7, 11) is -9.97. The second-order valence-corrected chi connectivity index (χ2v) is 38.8. The Morgan fingerprint density at radius 1 is 0.652 bits per heavy atom. The van der Waals surface area contributed by atoms with E-state index < -0.39 is 103 Å². The highest BCUT2D eigenvalue weighted by Crippen LogP contribution is 2.49. The van der Waals surface area contributed by atoms with Gasteiger partial charge in [0, 0.05) is 38.4 Å². The standard InChI is InChI=1S/C66H123F2N4O14PSi2/c1-13-15-17-19-21-23-25-27-29-31-33-35-37-39-41-43-59(75)80-51-54(84-60(76)44-42-40-38-36-34-32-30-28-26-24-22-20-18-16-14-2)52-82-87(78,79)81-50-48-69-57(73)45-46-58(74)70-56-47-49-72(63(77)71-56)62-66(67,68)61(86-89(11,12)65(6,7)8)55(85-62)53-83-88(9,10)64(3,4)5/h47,49,54-55,61-62H,13-46,48,50-53H2,1-12H3,(H,69,73)(H,78,79)(H,70,71,74,77)/t54-,55-,61+,62-/m1/s1. The molecule has 2 heterocycles. The molecule has 3 N–H and O–H groups in total. The number of nitrogens with zero attached hydrogens (tertiary/aromatic N) is 2. The average Bonchev–Trinajstić information content (AvgIpc) is 1.63. The minimum atomic E-state index is -4.77. The van der Waals surface area contributed by atoms with Crippen LogP contribution in [0.25, 0.3) is 0 Å². The summed E-state index contributed by atoms with van der Waals surface area (Å²) in [4.78, 5) is 79.0. The van der Waals surface area contributed by atoms with E-state index in [2.05, 4.69) is 29.5 Å². The smallest absolute Gasteiger partial charge is 0.462 e.